The maximum Gasteiger partial charge on any atom is 0.363 e. The molecule has 2 aliphatic rings. The highest BCUT2D eigenvalue weighted by Crippen LogP contribution is 2.35. The summed E-state index contributed by atoms with van der Waals surface area (Å²) in [6.45, 7) is 5.63. The lowest BCUT2D eigenvalue weighted by Crippen LogP contribution is -2.68. The monoisotopic (exact) mass is 348 g/mol. The third kappa shape index (κ3) is 3.07. The third-order valence-electron chi connectivity index (χ3n) is 4.31. The number of fused-ring (bicyclic) bond motifs is 2. The van der Waals surface area contributed by atoms with Crippen LogP contribution in [-0.4, -0.2) is 45.5 Å². The molecule has 2 aliphatic heterocycles. The van der Waals surface area contributed by atoms with Gasteiger partial charge in [0.25, 0.3) is 5.91 Å². The van der Waals surface area contributed by atoms with E-state index in [0.717, 1.165) is 0 Å². The van der Waals surface area contributed by atoms with E-state index < -0.39 is 27.9 Å². The van der Waals surface area contributed by atoms with Crippen molar-refractivity contribution >= 4 is 23.4 Å². The van der Waals surface area contributed by atoms with Gasteiger partial charge in [-0.15, -0.1) is 0 Å². The van der Waals surface area contributed by atoms with Crippen molar-refractivity contribution in [2.45, 2.75) is 50.8 Å². The molecule has 0 spiro atoms. The van der Waals surface area contributed by atoms with Crippen molar-refractivity contribution in [2.24, 2.45) is 0 Å². The number of anilines is 1. The first kappa shape index (κ1) is 17.3. The molecule has 9 nitrogen and oxygen atoms in total. The molecule has 0 radical (unpaired) electrons. The summed E-state index contributed by atoms with van der Waals surface area (Å²) in [5.41, 5.74) is -1.68. The summed E-state index contributed by atoms with van der Waals surface area (Å²) in [7, 11) is 0. The van der Waals surface area contributed by atoms with Crippen LogP contribution in [0.25, 0.3) is 0 Å². The summed E-state index contributed by atoms with van der Waals surface area (Å²) in [6, 6.07) is 2.67. The number of nitro groups is 1. The molecule has 1 aromatic rings. The fraction of sp³-hybridized carbons (Fsp3) is 0.562. The SMILES string of the molecule is CC(C)(C)OC(=O)C12CCC(CN(c3ccc([N+](=O)[O-])nc3)C1=O)N2. The van der Waals surface area contributed by atoms with E-state index in [-0.39, 0.29) is 11.9 Å². The van der Waals surface area contributed by atoms with Gasteiger partial charge in [-0.25, -0.2) is 4.79 Å². The number of nitrogens with one attached hydrogen (secondary N) is 1. The van der Waals surface area contributed by atoms with Gasteiger partial charge in [0.2, 0.25) is 0 Å². The van der Waals surface area contributed by atoms with Gasteiger partial charge in [0.1, 0.15) is 5.60 Å². The fourth-order valence-corrected chi connectivity index (χ4v) is 3.20. The van der Waals surface area contributed by atoms with Crippen molar-refractivity contribution in [1.29, 1.82) is 0 Å². The standard InChI is InChI=1S/C16H20N4O5/c1-15(2,3)25-14(22)16-7-6-10(18-16)9-19(13(16)21)11-4-5-12(17-8-11)20(23)24/h4-5,8,10,18H,6-7,9H2,1-3H3. The second kappa shape index (κ2) is 5.76. The summed E-state index contributed by atoms with van der Waals surface area (Å²) in [6.07, 6.45) is 2.31. The van der Waals surface area contributed by atoms with Gasteiger partial charge in [0.05, 0.1) is 5.69 Å². The van der Waals surface area contributed by atoms with Crippen LogP contribution in [0.5, 0.6) is 0 Å². The summed E-state index contributed by atoms with van der Waals surface area (Å²) >= 11 is 0. The minimum atomic E-state index is -1.40. The lowest BCUT2D eigenvalue weighted by atomic mass is 9.95. The number of pyridine rings is 1. The molecule has 2 fully saturated rings. The highest BCUT2D eigenvalue weighted by atomic mass is 16.6. The van der Waals surface area contributed by atoms with E-state index in [1.807, 2.05) is 0 Å². The van der Waals surface area contributed by atoms with Crippen LogP contribution in [0.15, 0.2) is 18.3 Å². The molecule has 134 valence electrons. The zero-order valence-corrected chi connectivity index (χ0v) is 14.3. The average Bonchev–Trinajstić information content (AvgIpc) is 2.90. The number of hydrogen-bond acceptors (Lipinski definition) is 7. The number of carbonyl (C=O) groups excluding carboxylic acids is 2. The Morgan fingerprint density at radius 2 is 2.20 bits per heavy atom. The maximum atomic E-state index is 13.1. The quantitative estimate of drug-likeness (QED) is 0.377. The molecular formula is C16H20N4O5. The summed E-state index contributed by atoms with van der Waals surface area (Å²) < 4.78 is 5.45. The Balaban J connectivity index is 1.90. The predicted octanol–water partition coefficient (Wildman–Crippen LogP) is 1.17. The van der Waals surface area contributed by atoms with E-state index in [9.17, 15) is 19.7 Å². The molecule has 1 aromatic heterocycles. The fourth-order valence-electron chi connectivity index (χ4n) is 3.20. The molecule has 2 saturated heterocycles. The second-order valence-corrected chi connectivity index (χ2v) is 7.33. The van der Waals surface area contributed by atoms with Crippen LogP contribution < -0.4 is 10.2 Å². The van der Waals surface area contributed by atoms with E-state index >= 15 is 0 Å². The number of carbonyl (C=O) groups is 2. The highest BCUT2D eigenvalue weighted by molar-refractivity contribution is 6.15. The zero-order valence-electron chi connectivity index (χ0n) is 14.3. The van der Waals surface area contributed by atoms with Crippen LogP contribution in [0.2, 0.25) is 0 Å². The number of ether oxygens (including phenoxy) is 1. The van der Waals surface area contributed by atoms with Crippen molar-refractivity contribution in [3.05, 3.63) is 28.4 Å². The molecule has 0 aromatic carbocycles. The number of aromatic nitrogens is 1. The van der Waals surface area contributed by atoms with E-state index in [4.69, 9.17) is 4.74 Å². The number of amides is 1. The van der Waals surface area contributed by atoms with E-state index in [1.54, 1.807) is 20.8 Å². The molecule has 3 heterocycles. The minimum Gasteiger partial charge on any atom is -0.458 e. The Kier molecular flexibility index (Phi) is 3.98. The van der Waals surface area contributed by atoms with Gasteiger partial charge in [-0.1, -0.05) is 0 Å². The number of hydrogen-bond donors (Lipinski definition) is 1. The number of rotatable bonds is 3. The van der Waals surface area contributed by atoms with Crippen LogP contribution in [0, 0.1) is 10.1 Å². The molecule has 2 atom stereocenters. The summed E-state index contributed by atoms with van der Waals surface area (Å²) in [5.74, 6) is -1.30. The lowest BCUT2D eigenvalue weighted by Gasteiger charge is -2.39. The Morgan fingerprint density at radius 1 is 1.48 bits per heavy atom. The van der Waals surface area contributed by atoms with E-state index in [0.29, 0.717) is 25.1 Å². The van der Waals surface area contributed by atoms with Gasteiger partial charge in [-0.2, -0.15) is 0 Å². The Labute approximate surface area is 144 Å². The smallest absolute Gasteiger partial charge is 0.363 e. The van der Waals surface area contributed by atoms with Gasteiger partial charge in [0.15, 0.2) is 11.7 Å². The number of esters is 1. The van der Waals surface area contributed by atoms with Crippen LogP contribution >= 0.6 is 0 Å². The van der Waals surface area contributed by atoms with Crippen LogP contribution in [0.4, 0.5) is 11.5 Å². The maximum absolute atomic E-state index is 13.1. The molecule has 1 N–H and O–H groups in total. The van der Waals surface area contributed by atoms with Crippen molar-refractivity contribution in [3.8, 4) is 0 Å². The van der Waals surface area contributed by atoms with Crippen LogP contribution in [0.3, 0.4) is 0 Å². The van der Waals surface area contributed by atoms with Gasteiger partial charge < -0.3 is 19.8 Å². The largest absolute Gasteiger partial charge is 0.458 e. The molecule has 3 rings (SSSR count). The normalized spacial score (nSPS) is 25.8. The zero-order chi connectivity index (χ0) is 18.4. The molecule has 2 unspecified atom stereocenters. The molecule has 2 bridgehead atoms. The van der Waals surface area contributed by atoms with Crippen molar-refractivity contribution in [3.63, 3.8) is 0 Å². The first-order valence-electron chi connectivity index (χ1n) is 8.06. The Morgan fingerprint density at radius 3 is 2.76 bits per heavy atom. The third-order valence-corrected chi connectivity index (χ3v) is 4.31. The van der Waals surface area contributed by atoms with Crippen molar-refractivity contribution < 1.29 is 19.2 Å². The van der Waals surface area contributed by atoms with Crippen molar-refractivity contribution in [2.75, 3.05) is 11.4 Å². The molecule has 0 saturated carbocycles. The summed E-state index contributed by atoms with van der Waals surface area (Å²) in [5, 5.41) is 13.8. The van der Waals surface area contributed by atoms with Gasteiger partial charge in [-0.05, 0) is 49.6 Å². The topological polar surface area (TPSA) is 115 Å². The second-order valence-electron chi connectivity index (χ2n) is 7.33. The summed E-state index contributed by atoms with van der Waals surface area (Å²) in [4.78, 5) is 41.1. The highest BCUT2D eigenvalue weighted by Gasteiger charge is 2.58. The molecule has 0 aliphatic carbocycles. The van der Waals surface area contributed by atoms with Crippen LogP contribution in [0.1, 0.15) is 33.6 Å². The van der Waals surface area contributed by atoms with Crippen LogP contribution in [-0.2, 0) is 14.3 Å². The molecule has 1 amide bonds. The van der Waals surface area contributed by atoms with E-state index in [2.05, 4.69) is 10.3 Å². The predicted molar refractivity (Wildman–Crippen MR) is 88.0 cm³/mol. The minimum absolute atomic E-state index is 0.0413. The first-order valence-corrected chi connectivity index (χ1v) is 8.06. The first-order chi connectivity index (χ1) is 11.6. The lowest BCUT2D eigenvalue weighted by molar-refractivity contribution is -0.389. The van der Waals surface area contributed by atoms with Gasteiger partial charge in [-0.3, -0.25) is 10.1 Å². The Hall–Kier alpha value is -2.55. The number of piperazine rings is 1. The average molecular weight is 348 g/mol. The van der Waals surface area contributed by atoms with E-state index in [1.165, 1.54) is 23.2 Å². The van der Waals surface area contributed by atoms with Crippen molar-refractivity contribution in [1.82, 2.24) is 10.3 Å². The number of nitrogens with zero attached hydrogens (tertiary/aromatic N) is 3. The molecule has 9 heteroatoms. The van der Waals surface area contributed by atoms with Gasteiger partial charge in [0, 0.05) is 18.7 Å². The molecule has 25 heavy (non-hydrogen) atoms. The Bertz CT molecular complexity index is 727. The molecular weight excluding hydrogens is 328 g/mol. The van der Waals surface area contributed by atoms with Gasteiger partial charge >= 0.3 is 11.8 Å².